The molecule has 2 aromatic carbocycles. The molecule has 148 valence electrons. The lowest BCUT2D eigenvalue weighted by Gasteiger charge is -2.13. The van der Waals surface area contributed by atoms with Gasteiger partial charge in [0.05, 0.1) is 16.8 Å². The molecule has 0 aliphatic heterocycles. The van der Waals surface area contributed by atoms with Crippen molar-refractivity contribution in [3.63, 3.8) is 0 Å². The van der Waals surface area contributed by atoms with E-state index in [1.165, 1.54) is 18.2 Å². The summed E-state index contributed by atoms with van der Waals surface area (Å²) in [6.45, 7) is -0.323. The van der Waals surface area contributed by atoms with Crippen LogP contribution in [0.1, 0.15) is 34.3 Å². The zero-order chi connectivity index (χ0) is 20.5. The molecule has 0 aromatic heterocycles. The number of aromatic carboxylic acids is 1. The van der Waals surface area contributed by atoms with Gasteiger partial charge in [-0.05, 0) is 48.7 Å². The van der Waals surface area contributed by atoms with Crippen molar-refractivity contribution in [1.29, 1.82) is 0 Å². The summed E-state index contributed by atoms with van der Waals surface area (Å²) in [6.07, 6.45) is -3.32. The number of ether oxygens (including phenoxy) is 1. The summed E-state index contributed by atoms with van der Waals surface area (Å²) in [5.41, 5.74) is -1.44. The lowest BCUT2D eigenvalue weighted by atomic mass is 10.1. The highest BCUT2D eigenvalue weighted by Gasteiger charge is 2.34. The molecule has 0 saturated heterocycles. The average molecular weight is 397 g/mol. The summed E-state index contributed by atoms with van der Waals surface area (Å²) in [7, 11) is 0. The zero-order valence-corrected chi connectivity index (χ0v) is 14.3. The summed E-state index contributed by atoms with van der Waals surface area (Å²) in [6, 6.07) is 6.39. The standard InChI is InChI=1S/C19H15F4NO4/c20-15-5-1-10(7-14(15)19(21,22)23)9-28-12-4-6-16(13(8-12)18(26)27)24-17(25)11-2-3-11/h1,4-8,11H,2-3,9H2,(H,24,25)(H,26,27). The van der Waals surface area contributed by atoms with Gasteiger partial charge in [-0.2, -0.15) is 13.2 Å². The van der Waals surface area contributed by atoms with Gasteiger partial charge in [0.25, 0.3) is 0 Å². The molecule has 5 nitrogen and oxygen atoms in total. The van der Waals surface area contributed by atoms with E-state index in [1.807, 2.05) is 0 Å². The summed E-state index contributed by atoms with van der Waals surface area (Å²) in [4.78, 5) is 23.3. The van der Waals surface area contributed by atoms with E-state index in [1.54, 1.807) is 0 Å². The van der Waals surface area contributed by atoms with E-state index < -0.39 is 23.5 Å². The second-order valence-corrected chi connectivity index (χ2v) is 6.38. The molecule has 0 atom stereocenters. The van der Waals surface area contributed by atoms with Crippen LogP contribution in [0.3, 0.4) is 0 Å². The maximum atomic E-state index is 13.3. The number of amides is 1. The fraction of sp³-hybridized carbons (Fsp3) is 0.263. The van der Waals surface area contributed by atoms with Crippen LogP contribution in [0.5, 0.6) is 5.75 Å². The monoisotopic (exact) mass is 397 g/mol. The van der Waals surface area contributed by atoms with Crippen LogP contribution in [-0.4, -0.2) is 17.0 Å². The largest absolute Gasteiger partial charge is 0.489 e. The summed E-state index contributed by atoms with van der Waals surface area (Å²) in [5.74, 6) is -2.97. The second kappa shape index (κ2) is 7.49. The quantitative estimate of drug-likeness (QED) is 0.706. The number of carboxylic acid groups (broad SMARTS) is 1. The van der Waals surface area contributed by atoms with Crippen LogP contribution in [0.2, 0.25) is 0 Å². The number of hydrogen-bond acceptors (Lipinski definition) is 3. The molecule has 1 aliphatic carbocycles. The number of nitrogens with one attached hydrogen (secondary N) is 1. The summed E-state index contributed by atoms with van der Waals surface area (Å²) >= 11 is 0. The Labute approximate surface area is 156 Å². The van der Waals surface area contributed by atoms with Gasteiger partial charge in [-0.3, -0.25) is 4.79 Å². The molecule has 0 unspecified atom stereocenters. The molecule has 0 spiro atoms. The van der Waals surface area contributed by atoms with E-state index >= 15 is 0 Å². The van der Waals surface area contributed by atoms with Crippen LogP contribution >= 0.6 is 0 Å². The topological polar surface area (TPSA) is 75.6 Å². The molecule has 1 fully saturated rings. The van der Waals surface area contributed by atoms with Crippen LogP contribution in [0.25, 0.3) is 0 Å². The molecule has 2 aromatic rings. The van der Waals surface area contributed by atoms with Gasteiger partial charge in [0, 0.05) is 5.92 Å². The van der Waals surface area contributed by atoms with Gasteiger partial charge in [-0.15, -0.1) is 0 Å². The van der Waals surface area contributed by atoms with Crippen molar-refractivity contribution < 1.29 is 37.0 Å². The third-order valence-electron chi connectivity index (χ3n) is 4.17. The van der Waals surface area contributed by atoms with Crippen molar-refractivity contribution >= 4 is 17.6 Å². The third-order valence-corrected chi connectivity index (χ3v) is 4.17. The van der Waals surface area contributed by atoms with Gasteiger partial charge in [0.15, 0.2) is 0 Å². The minimum Gasteiger partial charge on any atom is -0.489 e. The number of anilines is 1. The van der Waals surface area contributed by atoms with Gasteiger partial charge < -0.3 is 15.2 Å². The first kappa shape index (κ1) is 19.7. The predicted octanol–water partition coefficient (Wildman–Crippen LogP) is 4.47. The summed E-state index contributed by atoms with van der Waals surface area (Å²) < 4.78 is 57.0. The molecule has 1 amide bonds. The molecule has 9 heteroatoms. The van der Waals surface area contributed by atoms with E-state index in [9.17, 15) is 32.3 Å². The zero-order valence-electron chi connectivity index (χ0n) is 14.3. The maximum Gasteiger partial charge on any atom is 0.419 e. The highest BCUT2D eigenvalue weighted by atomic mass is 19.4. The van der Waals surface area contributed by atoms with Crippen molar-refractivity contribution in [2.45, 2.75) is 25.6 Å². The van der Waals surface area contributed by atoms with Crippen LogP contribution < -0.4 is 10.1 Å². The Morgan fingerprint density at radius 2 is 1.86 bits per heavy atom. The first-order valence-electron chi connectivity index (χ1n) is 8.32. The van der Waals surface area contributed by atoms with Crippen LogP contribution in [0.15, 0.2) is 36.4 Å². The molecule has 0 heterocycles. The molecule has 1 saturated carbocycles. The first-order valence-corrected chi connectivity index (χ1v) is 8.32. The number of carbonyl (C=O) groups is 2. The SMILES string of the molecule is O=C(O)c1cc(OCc2ccc(F)c(C(F)(F)F)c2)ccc1NC(=O)C1CC1. The Balaban J connectivity index is 1.75. The molecule has 0 bridgehead atoms. The second-order valence-electron chi connectivity index (χ2n) is 6.38. The van der Waals surface area contributed by atoms with E-state index in [2.05, 4.69) is 5.32 Å². The molecule has 3 rings (SSSR count). The normalized spacial score (nSPS) is 13.9. The van der Waals surface area contributed by atoms with Crippen molar-refractivity contribution in [3.05, 3.63) is 58.9 Å². The van der Waals surface area contributed by atoms with Crippen molar-refractivity contribution in [2.75, 3.05) is 5.32 Å². The van der Waals surface area contributed by atoms with E-state index in [0.717, 1.165) is 18.9 Å². The Kier molecular flexibility index (Phi) is 5.26. The van der Waals surface area contributed by atoms with Gasteiger partial charge in [-0.25, -0.2) is 9.18 Å². The van der Waals surface area contributed by atoms with Gasteiger partial charge in [0.2, 0.25) is 5.91 Å². The third kappa shape index (κ3) is 4.59. The van der Waals surface area contributed by atoms with E-state index in [0.29, 0.717) is 12.1 Å². The molecule has 1 aliphatic rings. The molecular weight excluding hydrogens is 382 g/mol. The number of rotatable bonds is 6. The van der Waals surface area contributed by atoms with Crippen LogP contribution in [-0.2, 0) is 17.6 Å². The Hall–Kier alpha value is -3.10. The number of halogens is 4. The van der Waals surface area contributed by atoms with Crippen LogP contribution in [0.4, 0.5) is 23.2 Å². The molecule has 2 N–H and O–H groups in total. The Morgan fingerprint density at radius 1 is 1.14 bits per heavy atom. The molecular formula is C19H15F4NO4. The van der Waals surface area contributed by atoms with E-state index in [4.69, 9.17) is 4.74 Å². The lowest BCUT2D eigenvalue weighted by Crippen LogP contribution is -2.16. The number of carboxylic acids is 1. The first-order chi connectivity index (χ1) is 13.1. The predicted molar refractivity (Wildman–Crippen MR) is 90.5 cm³/mol. The van der Waals surface area contributed by atoms with Crippen molar-refractivity contribution in [3.8, 4) is 5.75 Å². The average Bonchev–Trinajstić information content (AvgIpc) is 3.46. The highest BCUT2D eigenvalue weighted by Crippen LogP contribution is 2.33. The van der Waals surface area contributed by atoms with Gasteiger partial charge >= 0.3 is 12.1 Å². The maximum absolute atomic E-state index is 13.3. The minimum atomic E-state index is -4.84. The summed E-state index contributed by atoms with van der Waals surface area (Å²) in [5, 5.41) is 11.9. The van der Waals surface area contributed by atoms with Gasteiger partial charge in [-0.1, -0.05) is 6.07 Å². The molecule has 0 radical (unpaired) electrons. The number of alkyl halides is 3. The van der Waals surface area contributed by atoms with Gasteiger partial charge in [0.1, 0.15) is 18.2 Å². The van der Waals surface area contributed by atoms with Crippen LogP contribution in [0, 0.1) is 11.7 Å². The van der Waals surface area contributed by atoms with E-state index in [-0.39, 0.29) is 41.0 Å². The molecule has 28 heavy (non-hydrogen) atoms. The smallest absolute Gasteiger partial charge is 0.419 e. The Morgan fingerprint density at radius 3 is 2.46 bits per heavy atom. The number of carbonyl (C=O) groups excluding carboxylic acids is 1. The van der Waals surface area contributed by atoms with Crippen molar-refractivity contribution in [2.24, 2.45) is 5.92 Å². The minimum absolute atomic E-state index is 0.0664. The number of benzene rings is 2. The lowest BCUT2D eigenvalue weighted by molar-refractivity contribution is -0.140. The fourth-order valence-corrected chi connectivity index (χ4v) is 2.53. The Bertz CT molecular complexity index is 923. The highest BCUT2D eigenvalue weighted by molar-refractivity contribution is 6.02. The number of hydrogen-bond donors (Lipinski definition) is 2. The van der Waals surface area contributed by atoms with Crippen molar-refractivity contribution in [1.82, 2.24) is 0 Å². The fourth-order valence-electron chi connectivity index (χ4n) is 2.53.